The van der Waals surface area contributed by atoms with E-state index in [1.54, 1.807) is 0 Å². The number of hydrogen-bond donors (Lipinski definition) is 3. The Hall–Kier alpha value is -0.730. The summed E-state index contributed by atoms with van der Waals surface area (Å²) in [5.41, 5.74) is 0. The number of esters is 1. The summed E-state index contributed by atoms with van der Waals surface area (Å²) in [7, 11) is 1.33. The zero-order chi connectivity index (χ0) is 22.2. The van der Waals surface area contributed by atoms with Gasteiger partial charge in [0, 0.05) is 13.5 Å². The summed E-state index contributed by atoms with van der Waals surface area (Å²) in [4.78, 5) is 11.9. The van der Waals surface area contributed by atoms with Gasteiger partial charge in [0.05, 0.1) is 0 Å². The van der Waals surface area contributed by atoms with E-state index < -0.39 is 30.7 Å². The van der Waals surface area contributed by atoms with Gasteiger partial charge in [0.2, 0.25) is 0 Å². The molecule has 1 heterocycles. The minimum absolute atomic E-state index is 0.178. The van der Waals surface area contributed by atoms with Crippen LogP contribution in [0, 0.1) is 0 Å². The predicted octanol–water partition coefficient (Wildman–Crippen LogP) is 3.46. The summed E-state index contributed by atoms with van der Waals surface area (Å²) in [5.74, 6) is -0.344. The number of unbranched alkanes of at least 4 members (excludes halogenated alkanes) is 12. The molecule has 0 unspecified atom stereocenters. The van der Waals surface area contributed by atoms with Crippen molar-refractivity contribution in [2.24, 2.45) is 0 Å². The second kappa shape index (κ2) is 16.9. The molecule has 1 aliphatic rings. The summed E-state index contributed by atoms with van der Waals surface area (Å²) in [6.07, 6.45) is 10.5. The molecule has 1 fully saturated rings. The lowest BCUT2D eigenvalue weighted by molar-refractivity contribution is -0.295. The van der Waals surface area contributed by atoms with Gasteiger partial charge in [0.1, 0.15) is 31.0 Å². The van der Waals surface area contributed by atoms with E-state index in [4.69, 9.17) is 14.2 Å². The minimum atomic E-state index is -1.41. The highest BCUT2D eigenvalue weighted by Gasteiger charge is 2.44. The molecule has 0 bridgehead atoms. The summed E-state index contributed by atoms with van der Waals surface area (Å²) >= 11 is 0. The second-order valence-corrected chi connectivity index (χ2v) is 8.43. The minimum Gasteiger partial charge on any atom is -0.463 e. The maximum absolute atomic E-state index is 11.9. The van der Waals surface area contributed by atoms with E-state index in [9.17, 15) is 20.1 Å². The fourth-order valence-electron chi connectivity index (χ4n) is 3.78. The Morgan fingerprint density at radius 2 is 1.27 bits per heavy atom. The molecule has 5 atom stereocenters. The molecule has 0 amide bonds. The van der Waals surface area contributed by atoms with Crippen molar-refractivity contribution in [2.45, 2.75) is 128 Å². The van der Waals surface area contributed by atoms with Crippen molar-refractivity contribution in [3.05, 3.63) is 0 Å². The second-order valence-electron chi connectivity index (χ2n) is 8.43. The van der Waals surface area contributed by atoms with E-state index >= 15 is 0 Å². The number of carbonyl (C=O) groups is 1. The normalized spacial score (nSPS) is 26.6. The van der Waals surface area contributed by atoms with E-state index in [0.717, 1.165) is 19.3 Å². The summed E-state index contributed by atoms with van der Waals surface area (Å²) in [6.45, 7) is 2.07. The van der Waals surface area contributed by atoms with Crippen LogP contribution in [0.1, 0.15) is 96.8 Å². The average molecular weight is 433 g/mol. The number of hydrogen-bond acceptors (Lipinski definition) is 7. The van der Waals surface area contributed by atoms with Gasteiger partial charge in [-0.05, 0) is 6.42 Å². The monoisotopic (exact) mass is 432 g/mol. The molecule has 7 heteroatoms. The summed E-state index contributed by atoms with van der Waals surface area (Å²) in [5, 5.41) is 29.5. The van der Waals surface area contributed by atoms with Gasteiger partial charge in [-0.3, -0.25) is 4.79 Å². The lowest BCUT2D eigenvalue weighted by Crippen LogP contribution is -2.59. The third-order valence-electron chi connectivity index (χ3n) is 5.79. The van der Waals surface area contributed by atoms with Crippen molar-refractivity contribution in [3.8, 4) is 0 Å². The molecule has 178 valence electrons. The molecule has 0 aromatic heterocycles. The van der Waals surface area contributed by atoms with Crippen LogP contribution in [0.5, 0.6) is 0 Å². The molecule has 1 aliphatic heterocycles. The topological polar surface area (TPSA) is 105 Å². The SMILES string of the molecule is CCCCCCCCCCCCCCCC(=O)OC[C@H]1O[C@@H](OC)[C@H](O)[C@@H](O)[C@@H]1O. The summed E-state index contributed by atoms with van der Waals surface area (Å²) in [6, 6.07) is 0. The van der Waals surface area contributed by atoms with Crippen LogP contribution in [0.3, 0.4) is 0 Å². The van der Waals surface area contributed by atoms with Crippen LogP contribution >= 0.6 is 0 Å². The molecule has 1 rings (SSSR count). The van der Waals surface area contributed by atoms with Gasteiger partial charge in [-0.25, -0.2) is 0 Å². The zero-order valence-electron chi connectivity index (χ0n) is 19.0. The van der Waals surface area contributed by atoms with Gasteiger partial charge in [0.25, 0.3) is 0 Å². The van der Waals surface area contributed by atoms with E-state index in [2.05, 4.69) is 6.92 Å². The quantitative estimate of drug-likeness (QED) is 0.239. The largest absolute Gasteiger partial charge is 0.463 e. The molecule has 7 nitrogen and oxygen atoms in total. The van der Waals surface area contributed by atoms with Gasteiger partial charge in [-0.15, -0.1) is 0 Å². The van der Waals surface area contributed by atoms with E-state index in [-0.39, 0.29) is 12.6 Å². The number of rotatable bonds is 17. The van der Waals surface area contributed by atoms with E-state index in [0.29, 0.717) is 6.42 Å². The van der Waals surface area contributed by atoms with Crippen LogP contribution in [0.4, 0.5) is 0 Å². The number of ether oxygens (including phenoxy) is 3. The van der Waals surface area contributed by atoms with Crippen molar-refractivity contribution in [2.75, 3.05) is 13.7 Å². The Morgan fingerprint density at radius 3 is 1.77 bits per heavy atom. The predicted molar refractivity (Wildman–Crippen MR) is 115 cm³/mol. The Balaban J connectivity index is 1.97. The first kappa shape index (κ1) is 27.3. The Bertz CT molecular complexity index is 430. The maximum atomic E-state index is 11.9. The zero-order valence-corrected chi connectivity index (χ0v) is 19.0. The highest BCUT2D eigenvalue weighted by molar-refractivity contribution is 5.69. The molecule has 0 saturated carbocycles. The lowest BCUT2D eigenvalue weighted by atomic mass is 9.99. The van der Waals surface area contributed by atoms with Crippen LogP contribution in [-0.4, -0.2) is 65.7 Å². The standard InChI is InChI=1S/C23H44O7/c1-3-4-5-6-7-8-9-10-11-12-13-14-15-16-19(24)29-17-18-20(25)21(26)22(27)23(28-2)30-18/h18,20-23,25-27H,3-17H2,1-2H3/t18-,20-,21+,22-,23-/m1/s1. The first-order valence-corrected chi connectivity index (χ1v) is 11.9. The molecular formula is C23H44O7. The van der Waals surface area contributed by atoms with Crippen molar-refractivity contribution >= 4 is 5.97 Å². The molecule has 0 aromatic carbocycles. The van der Waals surface area contributed by atoms with Crippen molar-refractivity contribution in [3.63, 3.8) is 0 Å². The van der Waals surface area contributed by atoms with E-state index in [1.807, 2.05) is 0 Å². The van der Waals surface area contributed by atoms with E-state index in [1.165, 1.54) is 71.3 Å². The fraction of sp³-hybridized carbons (Fsp3) is 0.957. The van der Waals surface area contributed by atoms with Gasteiger partial charge >= 0.3 is 5.97 Å². The fourth-order valence-corrected chi connectivity index (χ4v) is 3.78. The molecule has 0 radical (unpaired) electrons. The van der Waals surface area contributed by atoms with Crippen LogP contribution in [0.25, 0.3) is 0 Å². The molecule has 1 saturated heterocycles. The van der Waals surface area contributed by atoms with Gasteiger partial charge in [-0.2, -0.15) is 0 Å². The van der Waals surface area contributed by atoms with Gasteiger partial charge in [-0.1, -0.05) is 84.0 Å². The summed E-state index contributed by atoms with van der Waals surface area (Å²) < 4.78 is 15.4. The van der Waals surface area contributed by atoms with Gasteiger partial charge < -0.3 is 29.5 Å². The molecule has 30 heavy (non-hydrogen) atoms. The Labute approximate surface area is 182 Å². The molecule has 0 aromatic rings. The first-order chi connectivity index (χ1) is 14.5. The maximum Gasteiger partial charge on any atom is 0.305 e. The number of aliphatic hydroxyl groups excluding tert-OH is 3. The molecule has 0 spiro atoms. The van der Waals surface area contributed by atoms with Crippen LogP contribution in [0.2, 0.25) is 0 Å². The van der Waals surface area contributed by atoms with Gasteiger partial charge in [0.15, 0.2) is 6.29 Å². The van der Waals surface area contributed by atoms with Crippen molar-refractivity contribution in [1.82, 2.24) is 0 Å². The first-order valence-electron chi connectivity index (χ1n) is 11.9. The van der Waals surface area contributed by atoms with Crippen LogP contribution < -0.4 is 0 Å². The number of methoxy groups -OCH3 is 1. The Kier molecular flexibility index (Phi) is 15.4. The van der Waals surface area contributed by atoms with Crippen molar-refractivity contribution in [1.29, 1.82) is 0 Å². The number of carbonyl (C=O) groups excluding carboxylic acids is 1. The average Bonchev–Trinajstić information content (AvgIpc) is 2.75. The molecule has 0 aliphatic carbocycles. The molecule has 3 N–H and O–H groups in total. The van der Waals surface area contributed by atoms with Crippen LogP contribution in [-0.2, 0) is 19.0 Å². The highest BCUT2D eigenvalue weighted by atomic mass is 16.7. The van der Waals surface area contributed by atoms with Crippen LogP contribution in [0.15, 0.2) is 0 Å². The number of aliphatic hydroxyl groups is 3. The van der Waals surface area contributed by atoms with Crippen molar-refractivity contribution < 1.29 is 34.3 Å². The Morgan fingerprint density at radius 1 is 0.767 bits per heavy atom. The third kappa shape index (κ3) is 11.0. The lowest BCUT2D eigenvalue weighted by Gasteiger charge is -2.39. The highest BCUT2D eigenvalue weighted by Crippen LogP contribution is 2.22. The third-order valence-corrected chi connectivity index (χ3v) is 5.79. The molecular weight excluding hydrogens is 388 g/mol. The smallest absolute Gasteiger partial charge is 0.305 e.